The normalized spacial score (nSPS) is 11.2. The van der Waals surface area contributed by atoms with Crippen molar-refractivity contribution in [2.24, 2.45) is 5.73 Å². The van der Waals surface area contributed by atoms with Gasteiger partial charge in [0, 0.05) is 17.5 Å². The van der Waals surface area contributed by atoms with Crippen LogP contribution in [-0.4, -0.2) is 27.9 Å². The lowest BCUT2D eigenvalue weighted by Gasteiger charge is -2.12. The molecule has 1 aromatic heterocycles. The molecule has 0 aliphatic carbocycles. The van der Waals surface area contributed by atoms with Crippen LogP contribution in [0.5, 0.6) is 0 Å². The first kappa shape index (κ1) is 19.8. The van der Waals surface area contributed by atoms with Crippen molar-refractivity contribution in [2.75, 3.05) is 11.1 Å². The second kappa shape index (κ2) is 8.72. The van der Waals surface area contributed by atoms with Gasteiger partial charge < -0.3 is 21.4 Å². The number of hydrogen-bond acceptors (Lipinski definition) is 5. The van der Waals surface area contributed by atoms with Crippen molar-refractivity contribution in [3.63, 3.8) is 0 Å². The smallest absolute Gasteiger partial charge is 0.331 e. The van der Waals surface area contributed by atoms with Crippen LogP contribution >= 0.6 is 11.8 Å². The molecule has 0 fully saturated rings. The Morgan fingerprint density at radius 1 is 1.31 bits per heavy atom. The van der Waals surface area contributed by atoms with Gasteiger partial charge >= 0.3 is 12.2 Å². The number of carbonyl (C=O) groups is 1. The molecule has 1 heterocycles. The molecule has 26 heavy (non-hydrogen) atoms. The number of halogens is 3. The number of aromatic amines is 1. The summed E-state index contributed by atoms with van der Waals surface area (Å²) in [6, 6.07) is 6.75. The Morgan fingerprint density at radius 2 is 2.04 bits per heavy atom. The van der Waals surface area contributed by atoms with Gasteiger partial charge in [-0.3, -0.25) is 4.79 Å². The molecule has 0 unspecified atom stereocenters. The van der Waals surface area contributed by atoms with Gasteiger partial charge in [-0.1, -0.05) is 12.1 Å². The molecule has 0 bridgehead atoms. The molecular formula is C15H16F3N5O2S. The molecule has 2 amide bonds. The summed E-state index contributed by atoms with van der Waals surface area (Å²) in [5.41, 5.74) is 5.65. The topological polar surface area (TPSA) is 113 Å². The number of alkyl halides is 3. The summed E-state index contributed by atoms with van der Waals surface area (Å²) in [6.07, 6.45) is -4.31. The quantitative estimate of drug-likeness (QED) is 0.568. The van der Waals surface area contributed by atoms with E-state index >= 15 is 0 Å². The van der Waals surface area contributed by atoms with Gasteiger partial charge in [-0.15, -0.1) is 11.8 Å². The number of hydrogen-bond donors (Lipinski definition) is 4. The molecule has 2 rings (SSSR count). The molecule has 1 aromatic carbocycles. The highest BCUT2D eigenvalue weighted by atomic mass is 32.2. The van der Waals surface area contributed by atoms with Crippen LogP contribution in [0.15, 0.2) is 40.0 Å². The number of nitrogens with zero attached hydrogens (tertiary/aromatic N) is 1. The standard InChI is InChI=1S/C15H16F3N5O2S/c16-15(17,18)8-26-11-4-2-1-3-10(11)22-14(25)20-7-12-21-9(6-19)5-13(24)23-12/h1-5H,6-8,19H2,(H2,20,22,25)(H,21,23,24). The Bertz CT molecular complexity index is 825. The van der Waals surface area contributed by atoms with E-state index in [2.05, 4.69) is 20.6 Å². The van der Waals surface area contributed by atoms with Gasteiger partial charge in [0.1, 0.15) is 5.82 Å². The number of carbonyl (C=O) groups excluding carboxylic acids is 1. The molecule has 11 heteroatoms. The Morgan fingerprint density at radius 3 is 2.73 bits per heavy atom. The highest BCUT2D eigenvalue weighted by Gasteiger charge is 2.27. The number of rotatable bonds is 6. The fraction of sp³-hybridized carbons (Fsp3) is 0.267. The van der Waals surface area contributed by atoms with E-state index in [0.717, 1.165) is 0 Å². The molecule has 2 aromatic rings. The van der Waals surface area contributed by atoms with Crippen molar-refractivity contribution >= 4 is 23.5 Å². The molecule has 0 saturated carbocycles. The molecular weight excluding hydrogens is 371 g/mol. The second-order valence-electron chi connectivity index (χ2n) is 5.10. The van der Waals surface area contributed by atoms with Crippen LogP contribution in [0.1, 0.15) is 11.5 Å². The third-order valence-electron chi connectivity index (χ3n) is 3.00. The summed E-state index contributed by atoms with van der Waals surface area (Å²) in [5.74, 6) is -0.850. The van der Waals surface area contributed by atoms with Crippen LogP contribution in [0, 0.1) is 0 Å². The zero-order valence-electron chi connectivity index (χ0n) is 13.4. The highest BCUT2D eigenvalue weighted by Crippen LogP contribution is 2.31. The zero-order valence-corrected chi connectivity index (χ0v) is 14.2. The summed E-state index contributed by atoms with van der Waals surface area (Å²) in [7, 11) is 0. The van der Waals surface area contributed by atoms with E-state index in [-0.39, 0.29) is 29.5 Å². The number of anilines is 1. The molecule has 0 radical (unpaired) electrons. The van der Waals surface area contributed by atoms with Crippen LogP contribution in [0.25, 0.3) is 0 Å². The van der Waals surface area contributed by atoms with Crippen molar-refractivity contribution in [3.05, 3.63) is 52.2 Å². The number of thioether (sulfide) groups is 1. The van der Waals surface area contributed by atoms with E-state index < -0.39 is 23.5 Å². The molecule has 0 aliphatic heterocycles. The molecule has 0 saturated heterocycles. The summed E-state index contributed by atoms with van der Waals surface area (Å²) in [6.45, 7) is -0.000303. The van der Waals surface area contributed by atoms with Crippen LogP contribution < -0.4 is 21.9 Å². The van der Waals surface area contributed by atoms with E-state index in [9.17, 15) is 22.8 Å². The number of para-hydroxylation sites is 1. The second-order valence-corrected chi connectivity index (χ2v) is 6.11. The minimum absolute atomic E-state index is 0.0763. The van der Waals surface area contributed by atoms with Gasteiger partial charge in [0.2, 0.25) is 0 Å². The fourth-order valence-electron chi connectivity index (χ4n) is 1.94. The van der Waals surface area contributed by atoms with E-state index in [1.54, 1.807) is 12.1 Å². The molecule has 0 spiro atoms. The van der Waals surface area contributed by atoms with Crippen molar-refractivity contribution in [1.82, 2.24) is 15.3 Å². The zero-order chi connectivity index (χ0) is 19.2. The average molecular weight is 387 g/mol. The fourth-order valence-corrected chi connectivity index (χ4v) is 2.71. The Hall–Kier alpha value is -2.53. The molecule has 5 N–H and O–H groups in total. The lowest BCUT2D eigenvalue weighted by atomic mass is 10.3. The van der Waals surface area contributed by atoms with Crippen LogP contribution in [0.2, 0.25) is 0 Å². The maximum absolute atomic E-state index is 12.4. The summed E-state index contributed by atoms with van der Waals surface area (Å²) < 4.78 is 37.1. The third-order valence-corrected chi connectivity index (χ3v) is 4.13. The van der Waals surface area contributed by atoms with Crippen LogP contribution in [-0.2, 0) is 13.1 Å². The van der Waals surface area contributed by atoms with Gasteiger partial charge in [0.25, 0.3) is 5.56 Å². The number of H-pyrrole nitrogens is 1. The predicted octanol–water partition coefficient (Wildman–Crippen LogP) is 2.20. The molecule has 0 aliphatic rings. The summed E-state index contributed by atoms with van der Waals surface area (Å²) in [4.78, 5) is 30.2. The largest absolute Gasteiger partial charge is 0.398 e. The number of urea groups is 1. The summed E-state index contributed by atoms with van der Waals surface area (Å²) in [5, 5.41) is 4.95. The predicted molar refractivity (Wildman–Crippen MR) is 91.8 cm³/mol. The number of aromatic nitrogens is 2. The minimum Gasteiger partial charge on any atom is -0.331 e. The number of amides is 2. The number of benzene rings is 1. The monoisotopic (exact) mass is 387 g/mol. The van der Waals surface area contributed by atoms with E-state index in [0.29, 0.717) is 17.5 Å². The summed E-state index contributed by atoms with van der Waals surface area (Å²) >= 11 is 0.576. The number of nitrogens with one attached hydrogen (secondary N) is 3. The SMILES string of the molecule is NCc1cc(=O)[nH]c(CNC(=O)Nc2ccccc2SCC(F)(F)F)n1. The van der Waals surface area contributed by atoms with Crippen molar-refractivity contribution < 1.29 is 18.0 Å². The van der Waals surface area contributed by atoms with E-state index in [1.165, 1.54) is 18.2 Å². The van der Waals surface area contributed by atoms with Crippen molar-refractivity contribution in [3.8, 4) is 0 Å². The van der Waals surface area contributed by atoms with Gasteiger partial charge in [-0.05, 0) is 12.1 Å². The molecule has 7 nitrogen and oxygen atoms in total. The Labute approximate surface area is 150 Å². The Kier molecular flexibility index (Phi) is 6.64. The van der Waals surface area contributed by atoms with Crippen molar-refractivity contribution in [2.45, 2.75) is 24.2 Å². The highest BCUT2D eigenvalue weighted by molar-refractivity contribution is 7.99. The first-order valence-electron chi connectivity index (χ1n) is 7.39. The minimum atomic E-state index is -4.31. The van der Waals surface area contributed by atoms with Gasteiger partial charge in [0.05, 0.1) is 23.7 Å². The molecule has 0 atom stereocenters. The average Bonchev–Trinajstić information content (AvgIpc) is 2.58. The van der Waals surface area contributed by atoms with Gasteiger partial charge in [-0.2, -0.15) is 13.2 Å². The molecule has 140 valence electrons. The third kappa shape index (κ3) is 6.41. The van der Waals surface area contributed by atoms with Crippen LogP contribution in [0.4, 0.5) is 23.7 Å². The first-order valence-corrected chi connectivity index (χ1v) is 8.38. The first-order chi connectivity index (χ1) is 12.3. The lowest BCUT2D eigenvalue weighted by Crippen LogP contribution is -2.30. The maximum Gasteiger partial charge on any atom is 0.398 e. The van der Waals surface area contributed by atoms with E-state index in [1.807, 2.05) is 0 Å². The Balaban J connectivity index is 1.98. The van der Waals surface area contributed by atoms with Crippen molar-refractivity contribution in [1.29, 1.82) is 0 Å². The van der Waals surface area contributed by atoms with Crippen LogP contribution in [0.3, 0.4) is 0 Å². The van der Waals surface area contributed by atoms with E-state index in [4.69, 9.17) is 5.73 Å². The van der Waals surface area contributed by atoms with Gasteiger partial charge in [-0.25, -0.2) is 9.78 Å². The van der Waals surface area contributed by atoms with Gasteiger partial charge in [0.15, 0.2) is 0 Å². The maximum atomic E-state index is 12.4. The number of nitrogens with two attached hydrogens (primary N) is 1. The lowest BCUT2D eigenvalue weighted by molar-refractivity contribution is -0.105.